The van der Waals surface area contributed by atoms with Gasteiger partial charge >= 0.3 is 5.69 Å². The van der Waals surface area contributed by atoms with Crippen molar-refractivity contribution in [3.05, 3.63) is 70.1 Å². The molecule has 28 heavy (non-hydrogen) atoms. The molecule has 1 atom stereocenters. The van der Waals surface area contributed by atoms with Gasteiger partial charge in [-0.15, -0.1) is 0 Å². The molecule has 0 aliphatic rings. The second-order valence-corrected chi connectivity index (χ2v) is 6.88. The summed E-state index contributed by atoms with van der Waals surface area (Å²) in [6.45, 7) is 4.07. The van der Waals surface area contributed by atoms with E-state index in [0.29, 0.717) is 12.1 Å². The highest BCUT2D eigenvalue weighted by Crippen LogP contribution is 2.15. The Hall–Kier alpha value is -2.96. The molecule has 3 aromatic rings. The Balaban J connectivity index is 1.76. The SMILES string of the molecule is CCCn1c(=O)n(CC(=O)N[C@@H](C)Cc2c(F)cccc2F)c2ccccc21. The van der Waals surface area contributed by atoms with Crippen molar-refractivity contribution < 1.29 is 13.6 Å². The van der Waals surface area contributed by atoms with Crippen LogP contribution in [0.1, 0.15) is 25.8 Å². The Labute approximate surface area is 161 Å². The van der Waals surface area contributed by atoms with Crippen LogP contribution in [0.2, 0.25) is 0 Å². The lowest BCUT2D eigenvalue weighted by molar-refractivity contribution is -0.122. The summed E-state index contributed by atoms with van der Waals surface area (Å²) < 4.78 is 30.7. The summed E-state index contributed by atoms with van der Waals surface area (Å²) in [5.41, 5.74) is 1.16. The normalized spacial score (nSPS) is 12.3. The number of halogens is 2. The van der Waals surface area contributed by atoms with Crippen LogP contribution in [0.25, 0.3) is 11.0 Å². The number of aromatic nitrogens is 2. The van der Waals surface area contributed by atoms with Crippen molar-refractivity contribution in [1.29, 1.82) is 0 Å². The van der Waals surface area contributed by atoms with Gasteiger partial charge in [-0.05, 0) is 44.0 Å². The second-order valence-electron chi connectivity index (χ2n) is 6.88. The maximum Gasteiger partial charge on any atom is 0.329 e. The molecular weight excluding hydrogens is 364 g/mol. The minimum Gasteiger partial charge on any atom is -0.352 e. The zero-order chi connectivity index (χ0) is 20.3. The number of benzene rings is 2. The molecule has 0 aliphatic heterocycles. The first kappa shape index (κ1) is 19.8. The second kappa shape index (κ2) is 8.37. The van der Waals surface area contributed by atoms with Crippen LogP contribution < -0.4 is 11.0 Å². The average Bonchev–Trinajstić information content (AvgIpc) is 2.91. The van der Waals surface area contributed by atoms with Crippen LogP contribution in [-0.2, 0) is 24.3 Å². The van der Waals surface area contributed by atoms with Gasteiger partial charge in [-0.3, -0.25) is 13.9 Å². The van der Waals surface area contributed by atoms with Gasteiger partial charge in [0.1, 0.15) is 18.2 Å². The van der Waals surface area contributed by atoms with Gasteiger partial charge < -0.3 is 5.32 Å². The van der Waals surface area contributed by atoms with Gasteiger partial charge in [0.15, 0.2) is 0 Å². The summed E-state index contributed by atoms with van der Waals surface area (Å²) in [5, 5.41) is 2.72. The monoisotopic (exact) mass is 387 g/mol. The smallest absolute Gasteiger partial charge is 0.329 e. The van der Waals surface area contributed by atoms with Gasteiger partial charge in [-0.1, -0.05) is 25.1 Å². The summed E-state index contributed by atoms with van der Waals surface area (Å²) in [5.74, 6) is -1.66. The standard InChI is InChI=1S/C21H23F2N3O2/c1-3-11-25-18-9-4-5-10-19(18)26(21(25)28)13-20(27)24-14(2)12-15-16(22)7-6-8-17(15)23/h4-10,14H,3,11-13H2,1-2H3,(H,24,27)/t14-/m0/s1. The van der Waals surface area contributed by atoms with E-state index in [0.717, 1.165) is 11.9 Å². The van der Waals surface area contributed by atoms with E-state index in [-0.39, 0.29) is 30.1 Å². The number of aryl methyl sites for hydroxylation is 1. The van der Waals surface area contributed by atoms with Crippen LogP contribution in [0.5, 0.6) is 0 Å². The van der Waals surface area contributed by atoms with Crippen molar-refractivity contribution >= 4 is 16.9 Å². The molecule has 0 unspecified atom stereocenters. The van der Waals surface area contributed by atoms with Crippen molar-refractivity contribution in [3.8, 4) is 0 Å². The van der Waals surface area contributed by atoms with Gasteiger partial charge in [-0.2, -0.15) is 0 Å². The minimum atomic E-state index is -0.639. The highest BCUT2D eigenvalue weighted by Gasteiger charge is 2.18. The zero-order valence-corrected chi connectivity index (χ0v) is 15.9. The molecular formula is C21H23F2N3O2. The molecule has 0 saturated heterocycles. The quantitative estimate of drug-likeness (QED) is 0.677. The predicted molar refractivity (Wildman–Crippen MR) is 104 cm³/mol. The molecule has 1 amide bonds. The number of rotatable bonds is 7. The van der Waals surface area contributed by atoms with Crippen LogP contribution in [-0.4, -0.2) is 21.1 Å². The van der Waals surface area contributed by atoms with Crippen molar-refractivity contribution in [1.82, 2.24) is 14.5 Å². The first-order valence-corrected chi connectivity index (χ1v) is 9.32. The zero-order valence-electron chi connectivity index (χ0n) is 15.9. The lowest BCUT2D eigenvalue weighted by Crippen LogP contribution is -2.39. The fraction of sp³-hybridized carbons (Fsp3) is 0.333. The van der Waals surface area contributed by atoms with Crippen molar-refractivity contribution in [2.45, 2.75) is 45.8 Å². The number of carbonyl (C=O) groups is 1. The molecule has 0 aliphatic carbocycles. The number of imidazole rings is 1. The van der Waals surface area contributed by atoms with Gasteiger partial charge in [0.2, 0.25) is 5.91 Å². The van der Waals surface area contributed by atoms with Crippen molar-refractivity contribution in [3.63, 3.8) is 0 Å². The summed E-state index contributed by atoms with van der Waals surface area (Å²) in [6.07, 6.45) is 0.822. The van der Waals surface area contributed by atoms with Crippen LogP contribution in [0.15, 0.2) is 47.3 Å². The summed E-state index contributed by atoms with van der Waals surface area (Å²) in [4.78, 5) is 25.2. The lowest BCUT2D eigenvalue weighted by Gasteiger charge is -2.15. The molecule has 7 heteroatoms. The van der Waals surface area contributed by atoms with Crippen LogP contribution in [0.3, 0.4) is 0 Å². The van der Waals surface area contributed by atoms with Crippen molar-refractivity contribution in [2.75, 3.05) is 0 Å². The molecule has 5 nitrogen and oxygen atoms in total. The number of nitrogens with one attached hydrogen (secondary N) is 1. The molecule has 1 heterocycles. The number of amides is 1. The molecule has 0 fully saturated rings. The predicted octanol–water partition coefficient (Wildman–Crippen LogP) is 3.24. The first-order chi connectivity index (χ1) is 13.4. The molecule has 3 rings (SSSR count). The van der Waals surface area contributed by atoms with Gasteiger partial charge in [0, 0.05) is 18.2 Å². The summed E-state index contributed by atoms with van der Waals surface area (Å²) >= 11 is 0. The van der Waals surface area contributed by atoms with Crippen LogP contribution in [0, 0.1) is 11.6 Å². The fourth-order valence-corrected chi connectivity index (χ4v) is 3.41. The maximum atomic E-state index is 13.8. The third kappa shape index (κ3) is 3.98. The Morgan fingerprint density at radius 3 is 2.25 bits per heavy atom. The summed E-state index contributed by atoms with van der Waals surface area (Å²) in [6, 6.07) is 10.5. The van der Waals surface area contributed by atoms with Gasteiger partial charge in [0.05, 0.1) is 11.0 Å². The van der Waals surface area contributed by atoms with E-state index >= 15 is 0 Å². The van der Waals surface area contributed by atoms with E-state index < -0.39 is 17.7 Å². The summed E-state index contributed by atoms with van der Waals surface area (Å²) in [7, 11) is 0. The molecule has 1 aromatic heterocycles. The Kier molecular flexibility index (Phi) is 5.92. The third-order valence-electron chi connectivity index (χ3n) is 4.65. The molecule has 1 N–H and O–H groups in total. The first-order valence-electron chi connectivity index (χ1n) is 9.32. The van der Waals surface area contributed by atoms with E-state index in [1.807, 2.05) is 25.1 Å². The van der Waals surface area contributed by atoms with E-state index in [1.165, 1.54) is 22.8 Å². The fourth-order valence-electron chi connectivity index (χ4n) is 3.41. The Morgan fingerprint density at radius 2 is 1.64 bits per heavy atom. The Bertz CT molecular complexity index is 1040. The lowest BCUT2D eigenvalue weighted by atomic mass is 10.1. The molecule has 0 saturated carbocycles. The van der Waals surface area contributed by atoms with E-state index in [9.17, 15) is 18.4 Å². The molecule has 148 valence electrons. The average molecular weight is 387 g/mol. The molecule has 0 radical (unpaired) electrons. The van der Waals surface area contributed by atoms with Crippen LogP contribution in [0.4, 0.5) is 8.78 Å². The minimum absolute atomic E-state index is 0.0245. The van der Waals surface area contributed by atoms with E-state index in [4.69, 9.17) is 0 Å². The highest BCUT2D eigenvalue weighted by atomic mass is 19.1. The van der Waals surface area contributed by atoms with E-state index in [1.54, 1.807) is 17.6 Å². The van der Waals surface area contributed by atoms with Gasteiger partial charge in [0.25, 0.3) is 0 Å². The molecule has 0 bridgehead atoms. The number of hydrogen-bond acceptors (Lipinski definition) is 2. The molecule has 2 aromatic carbocycles. The number of carbonyl (C=O) groups excluding carboxylic acids is 1. The highest BCUT2D eigenvalue weighted by molar-refractivity contribution is 5.81. The molecule has 0 spiro atoms. The number of nitrogens with zero attached hydrogens (tertiary/aromatic N) is 2. The maximum absolute atomic E-state index is 13.8. The number of hydrogen-bond donors (Lipinski definition) is 1. The number of fused-ring (bicyclic) bond motifs is 1. The largest absolute Gasteiger partial charge is 0.352 e. The van der Waals surface area contributed by atoms with Crippen molar-refractivity contribution in [2.24, 2.45) is 0 Å². The topological polar surface area (TPSA) is 56.0 Å². The van der Waals surface area contributed by atoms with Gasteiger partial charge in [-0.25, -0.2) is 13.6 Å². The number of para-hydroxylation sites is 2. The van der Waals surface area contributed by atoms with Crippen LogP contribution >= 0.6 is 0 Å². The Morgan fingerprint density at radius 1 is 1.04 bits per heavy atom. The third-order valence-corrected chi connectivity index (χ3v) is 4.65. The van der Waals surface area contributed by atoms with E-state index in [2.05, 4.69) is 5.32 Å².